The summed E-state index contributed by atoms with van der Waals surface area (Å²) in [5.74, 6) is 0. The van der Waals surface area contributed by atoms with Crippen molar-refractivity contribution < 1.29 is 13.2 Å². The van der Waals surface area contributed by atoms with E-state index in [0.717, 1.165) is 31.3 Å². The van der Waals surface area contributed by atoms with Crippen LogP contribution in [-0.2, 0) is 6.18 Å². The van der Waals surface area contributed by atoms with Gasteiger partial charge in [-0.15, -0.1) is 0 Å². The predicted molar refractivity (Wildman–Crippen MR) is 66.2 cm³/mol. The first-order valence-corrected chi connectivity index (χ1v) is 6.10. The molecule has 1 aliphatic rings. The van der Waals surface area contributed by atoms with Crippen LogP contribution in [0, 0.1) is 0 Å². The Kier molecular flexibility index (Phi) is 3.76. The highest BCUT2D eigenvalue weighted by molar-refractivity contribution is 5.69. The van der Waals surface area contributed by atoms with E-state index in [0.29, 0.717) is 12.0 Å². The van der Waals surface area contributed by atoms with Crippen LogP contribution in [0.3, 0.4) is 0 Å². The van der Waals surface area contributed by atoms with Crippen molar-refractivity contribution in [1.29, 1.82) is 0 Å². The van der Waals surface area contributed by atoms with Crippen molar-refractivity contribution >= 4 is 5.57 Å². The van der Waals surface area contributed by atoms with Crippen molar-refractivity contribution in [3.05, 3.63) is 41.5 Å². The molecule has 1 aliphatic heterocycles. The highest BCUT2D eigenvalue weighted by Crippen LogP contribution is 2.36. The second kappa shape index (κ2) is 5.14. The van der Waals surface area contributed by atoms with Crippen molar-refractivity contribution in [2.24, 2.45) is 0 Å². The van der Waals surface area contributed by atoms with Crippen molar-refractivity contribution in [2.45, 2.75) is 19.5 Å². The maximum absolute atomic E-state index is 12.9. The van der Waals surface area contributed by atoms with Crippen LogP contribution in [0.4, 0.5) is 13.2 Å². The highest BCUT2D eigenvalue weighted by Gasteiger charge is 2.33. The third-order valence-corrected chi connectivity index (χ3v) is 3.32. The third kappa shape index (κ3) is 2.75. The zero-order valence-corrected chi connectivity index (χ0v) is 10.3. The first-order valence-electron chi connectivity index (χ1n) is 6.10. The van der Waals surface area contributed by atoms with Crippen LogP contribution in [-0.4, -0.2) is 24.5 Å². The summed E-state index contributed by atoms with van der Waals surface area (Å²) in [6.07, 6.45) is -1.68. The van der Waals surface area contributed by atoms with Crippen LogP contribution in [0.2, 0.25) is 0 Å². The summed E-state index contributed by atoms with van der Waals surface area (Å²) in [5.41, 5.74) is 0.620. The average molecular weight is 255 g/mol. The Morgan fingerprint density at radius 2 is 1.94 bits per heavy atom. The van der Waals surface area contributed by atoms with Gasteiger partial charge < -0.3 is 0 Å². The fraction of sp³-hybridized carbons (Fsp3) is 0.429. The topological polar surface area (TPSA) is 3.24 Å². The molecular weight excluding hydrogens is 239 g/mol. The number of nitrogens with zero attached hydrogens (tertiary/aromatic N) is 1. The Labute approximate surface area is 105 Å². The van der Waals surface area contributed by atoms with Crippen LogP contribution in [0.25, 0.3) is 5.57 Å². The summed E-state index contributed by atoms with van der Waals surface area (Å²) in [5, 5.41) is 0. The van der Waals surface area contributed by atoms with Crippen LogP contribution in [0.5, 0.6) is 0 Å². The predicted octanol–water partition coefficient (Wildman–Crippen LogP) is 3.81. The molecule has 18 heavy (non-hydrogen) atoms. The molecule has 0 spiro atoms. The van der Waals surface area contributed by atoms with Gasteiger partial charge in [0.15, 0.2) is 0 Å². The zero-order chi connectivity index (χ0) is 13.2. The van der Waals surface area contributed by atoms with Crippen molar-refractivity contribution in [1.82, 2.24) is 4.90 Å². The molecule has 1 nitrogen and oxygen atoms in total. The van der Waals surface area contributed by atoms with Gasteiger partial charge in [-0.1, -0.05) is 31.2 Å². The number of hydrogen-bond donors (Lipinski definition) is 0. The molecular formula is C14H16F3N. The Hall–Kier alpha value is -1.29. The fourth-order valence-corrected chi connectivity index (χ4v) is 2.25. The zero-order valence-electron chi connectivity index (χ0n) is 10.3. The minimum atomic E-state index is -4.28. The van der Waals surface area contributed by atoms with Gasteiger partial charge in [-0.2, -0.15) is 13.2 Å². The van der Waals surface area contributed by atoms with Crippen LogP contribution in [0.15, 0.2) is 30.3 Å². The van der Waals surface area contributed by atoms with Crippen LogP contribution < -0.4 is 0 Å². The molecule has 1 aromatic carbocycles. The maximum atomic E-state index is 12.9. The average Bonchev–Trinajstić information content (AvgIpc) is 2.38. The normalized spacial score (nSPS) is 17.7. The summed E-state index contributed by atoms with van der Waals surface area (Å²) >= 11 is 0. The van der Waals surface area contributed by atoms with E-state index in [2.05, 4.69) is 11.8 Å². The first-order chi connectivity index (χ1) is 8.52. The van der Waals surface area contributed by atoms with Gasteiger partial charge >= 0.3 is 6.18 Å². The monoisotopic (exact) mass is 255 g/mol. The number of halogens is 3. The standard InChI is InChI=1S/C14H16F3N/c1-2-18-9-7-11(8-10-18)12-5-3-4-6-13(12)14(15,16)17/h3-7H,2,8-10H2,1H3. The summed E-state index contributed by atoms with van der Waals surface area (Å²) < 4.78 is 38.7. The van der Waals surface area contributed by atoms with Crippen molar-refractivity contribution in [3.63, 3.8) is 0 Å². The van der Waals surface area contributed by atoms with Crippen LogP contribution >= 0.6 is 0 Å². The summed E-state index contributed by atoms with van der Waals surface area (Å²) in [7, 11) is 0. The van der Waals surface area contributed by atoms with Gasteiger partial charge in [0.25, 0.3) is 0 Å². The van der Waals surface area contributed by atoms with E-state index >= 15 is 0 Å². The molecule has 0 aromatic heterocycles. The van der Waals surface area contributed by atoms with Gasteiger partial charge in [0.1, 0.15) is 0 Å². The lowest BCUT2D eigenvalue weighted by molar-refractivity contribution is -0.137. The van der Waals surface area contributed by atoms with Gasteiger partial charge in [0, 0.05) is 13.1 Å². The van der Waals surface area contributed by atoms with Gasteiger partial charge in [0.2, 0.25) is 0 Å². The molecule has 0 radical (unpaired) electrons. The molecule has 0 aliphatic carbocycles. The largest absolute Gasteiger partial charge is 0.416 e. The highest BCUT2D eigenvalue weighted by atomic mass is 19.4. The first kappa shape index (κ1) is 13.1. The molecule has 0 N–H and O–H groups in total. The number of rotatable bonds is 2. The SMILES string of the molecule is CCN1CC=C(c2ccccc2C(F)(F)F)CC1. The second-order valence-corrected chi connectivity index (χ2v) is 4.42. The molecule has 0 fully saturated rings. The van der Waals surface area contributed by atoms with Gasteiger partial charge in [0.05, 0.1) is 5.56 Å². The molecule has 0 unspecified atom stereocenters. The van der Waals surface area contributed by atoms with Gasteiger partial charge in [-0.25, -0.2) is 0 Å². The molecule has 0 saturated carbocycles. The minimum absolute atomic E-state index is 0.334. The fourth-order valence-electron chi connectivity index (χ4n) is 2.25. The summed E-state index contributed by atoms with van der Waals surface area (Å²) in [4.78, 5) is 2.21. The Balaban J connectivity index is 2.32. The van der Waals surface area contributed by atoms with E-state index in [1.165, 1.54) is 6.07 Å². The number of alkyl halides is 3. The number of benzene rings is 1. The lowest BCUT2D eigenvalue weighted by Crippen LogP contribution is -2.28. The van der Waals surface area contributed by atoms with E-state index in [1.807, 2.05) is 6.08 Å². The molecule has 98 valence electrons. The molecule has 0 bridgehead atoms. The van der Waals surface area contributed by atoms with E-state index in [1.54, 1.807) is 12.1 Å². The third-order valence-electron chi connectivity index (χ3n) is 3.32. The summed E-state index contributed by atoms with van der Waals surface area (Å²) in [6.45, 7) is 4.56. The van der Waals surface area contributed by atoms with Gasteiger partial charge in [-0.3, -0.25) is 4.90 Å². The van der Waals surface area contributed by atoms with E-state index < -0.39 is 11.7 Å². The molecule has 0 amide bonds. The van der Waals surface area contributed by atoms with E-state index in [4.69, 9.17) is 0 Å². The molecule has 1 heterocycles. The Bertz CT molecular complexity index is 449. The van der Waals surface area contributed by atoms with Crippen molar-refractivity contribution in [2.75, 3.05) is 19.6 Å². The van der Waals surface area contributed by atoms with Crippen LogP contribution in [0.1, 0.15) is 24.5 Å². The lowest BCUT2D eigenvalue weighted by Gasteiger charge is -2.26. The molecule has 0 atom stereocenters. The second-order valence-electron chi connectivity index (χ2n) is 4.42. The maximum Gasteiger partial charge on any atom is 0.416 e. The quantitative estimate of drug-likeness (QED) is 0.776. The smallest absolute Gasteiger partial charge is 0.300 e. The lowest BCUT2D eigenvalue weighted by atomic mass is 9.94. The molecule has 4 heteroatoms. The molecule has 1 aromatic rings. The Morgan fingerprint density at radius 3 is 2.50 bits per heavy atom. The summed E-state index contributed by atoms with van der Waals surface area (Å²) in [6, 6.07) is 5.82. The number of likely N-dealkylation sites (N-methyl/N-ethyl adjacent to an activating group) is 1. The van der Waals surface area contributed by atoms with Gasteiger partial charge in [-0.05, 0) is 30.2 Å². The van der Waals surface area contributed by atoms with E-state index in [9.17, 15) is 13.2 Å². The molecule has 0 saturated heterocycles. The van der Waals surface area contributed by atoms with E-state index in [-0.39, 0.29) is 0 Å². The molecule has 2 rings (SSSR count). The van der Waals surface area contributed by atoms with Crippen molar-refractivity contribution in [3.8, 4) is 0 Å². The Morgan fingerprint density at radius 1 is 1.22 bits per heavy atom. The number of hydrogen-bond acceptors (Lipinski definition) is 1. The minimum Gasteiger partial charge on any atom is -0.300 e.